The number of hydrogen-bond donors (Lipinski definition) is 2. The van der Waals surface area contributed by atoms with Gasteiger partial charge in [-0.15, -0.1) is 0 Å². The van der Waals surface area contributed by atoms with E-state index in [9.17, 15) is 9.59 Å². The quantitative estimate of drug-likeness (QED) is 0.770. The van der Waals surface area contributed by atoms with E-state index in [1.807, 2.05) is 52.0 Å². The minimum atomic E-state index is -0.879. The highest BCUT2D eigenvalue weighted by Gasteiger charge is 2.31. The molecule has 1 amide bonds. The third-order valence-corrected chi connectivity index (χ3v) is 4.46. The molecular formula is C18H27NO3. The van der Waals surface area contributed by atoms with Crippen LogP contribution < -0.4 is 5.32 Å². The molecule has 0 radical (unpaired) electrons. The van der Waals surface area contributed by atoms with Crippen molar-refractivity contribution in [3.8, 4) is 0 Å². The van der Waals surface area contributed by atoms with Crippen LogP contribution in [-0.4, -0.2) is 22.5 Å². The fourth-order valence-electron chi connectivity index (χ4n) is 2.88. The summed E-state index contributed by atoms with van der Waals surface area (Å²) in [6, 6.07) is 8.04. The van der Waals surface area contributed by atoms with E-state index in [2.05, 4.69) is 5.32 Å². The highest BCUT2D eigenvalue weighted by atomic mass is 16.4. The Morgan fingerprint density at radius 1 is 1.23 bits per heavy atom. The zero-order chi connectivity index (χ0) is 16.8. The maximum absolute atomic E-state index is 12.3. The van der Waals surface area contributed by atoms with Crippen molar-refractivity contribution < 1.29 is 14.7 Å². The third-order valence-electron chi connectivity index (χ3n) is 4.46. The average molecular weight is 305 g/mol. The van der Waals surface area contributed by atoms with E-state index < -0.39 is 11.5 Å². The number of benzene rings is 1. The first kappa shape index (κ1) is 18.2. The molecule has 0 fully saturated rings. The summed E-state index contributed by atoms with van der Waals surface area (Å²) < 4.78 is 0. The lowest BCUT2D eigenvalue weighted by Crippen LogP contribution is -2.49. The molecule has 0 saturated carbocycles. The Kier molecular flexibility index (Phi) is 6.60. The summed E-state index contributed by atoms with van der Waals surface area (Å²) in [5, 5.41) is 12.0. The first-order chi connectivity index (χ1) is 10.3. The number of hydrogen-bond acceptors (Lipinski definition) is 2. The zero-order valence-electron chi connectivity index (χ0n) is 14.0. The van der Waals surface area contributed by atoms with Crippen molar-refractivity contribution in [1.29, 1.82) is 0 Å². The second-order valence-electron chi connectivity index (χ2n) is 6.07. The molecule has 0 aliphatic rings. The number of carbonyl (C=O) groups excluding carboxylic acids is 1. The van der Waals surface area contributed by atoms with Crippen LogP contribution in [0, 0.1) is 6.92 Å². The molecule has 1 aromatic rings. The number of amides is 1. The summed E-state index contributed by atoms with van der Waals surface area (Å²) >= 11 is 0. The van der Waals surface area contributed by atoms with Crippen LogP contribution in [0.5, 0.6) is 0 Å². The number of carboxylic acid groups (broad SMARTS) is 1. The van der Waals surface area contributed by atoms with Crippen molar-refractivity contribution in [3.05, 3.63) is 35.4 Å². The normalized spacial score (nSPS) is 12.7. The molecule has 0 saturated heterocycles. The highest BCUT2D eigenvalue weighted by Crippen LogP contribution is 2.24. The van der Waals surface area contributed by atoms with E-state index >= 15 is 0 Å². The minimum Gasteiger partial charge on any atom is -0.481 e. The van der Waals surface area contributed by atoms with Crippen molar-refractivity contribution in [1.82, 2.24) is 5.32 Å². The second kappa shape index (κ2) is 7.97. The molecular weight excluding hydrogens is 278 g/mol. The number of carbonyl (C=O) groups is 2. The van der Waals surface area contributed by atoms with Crippen LogP contribution in [-0.2, 0) is 9.59 Å². The van der Waals surface area contributed by atoms with E-state index in [1.165, 1.54) is 5.56 Å². The first-order valence-corrected chi connectivity index (χ1v) is 7.92. The Labute approximate surface area is 132 Å². The van der Waals surface area contributed by atoms with Gasteiger partial charge in [0.15, 0.2) is 0 Å². The van der Waals surface area contributed by atoms with Crippen LogP contribution in [0.3, 0.4) is 0 Å². The molecule has 2 N–H and O–H groups in total. The third kappa shape index (κ3) is 4.86. The van der Waals surface area contributed by atoms with Gasteiger partial charge in [-0.3, -0.25) is 9.59 Å². The van der Waals surface area contributed by atoms with Crippen molar-refractivity contribution in [2.75, 3.05) is 0 Å². The van der Waals surface area contributed by atoms with E-state index in [0.717, 1.165) is 5.56 Å². The van der Waals surface area contributed by atoms with Gasteiger partial charge in [0.2, 0.25) is 5.91 Å². The molecule has 0 aliphatic carbocycles. The molecule has 0 aromatic heterocycles. The van der Waals surface area contributed by atoms with E-state index in [0.29, 0.717) is 19.3 Å². The number of aliphatic carboxylic acids is 1. The predicted octanol–water partition coefficient (Wildman–Crippen LogP) is 3.64. The number of rotatable bonds is 8. The lowest BCUT2D eigenvalue weighted by molar-refractivity contribution is -0.139. The van der Waals surface area contributed by atoms with Crippen LogP contribution in [0.2, 0.25) is 0 Å². The highest BCUT2D eigenvalue weighted by molar-refractivity contribution is 5.79. The SMILES string of the molecule is CCC(CC)(CC(=O)O)NC(=O)CC(C)c1ccccc1C. The van der Waals surface area contributed by atoms with Crippen LogP contribution in [0.1, 0.15) is 63.5 Å². The summed E-state index contributed by atoms with van der Waals surface area (Å²) in [6.45, 7) is 7.89. The van der Waals surface area contributed by atoms with Gasteiger partial charge in [0.05, 0.1) is 6.42 Å². The van der Waals surface area contributed by atoms with Crippen LogP contribution in [0.15, 0.2) is 24.3 Å². The minimum absolute atomic E-state index is 0.0372. The molecule has 122 valence electrons. The molecule has 1 unspecified atom stereocenters. The molecule has 1 aromatic carbocycles. The van der Waals surface area contributed by atoms with Crippen molar-refractivity contribution >= 4 is 11.9 Å². The molecule has 0 spiro atoms. The molecule has 0 heterocycles. The summed E-state index contributed by atoms with van der Waals surface area (Å²) in [4.78, 5) is 23.4. The van der Waals surface area contributed by atoms with E-state index in [1.54, 1.807) is 0 Å². The van der Waals surface area contributed by atoms with Gasteiger partial charge in [-0.1, -0.05) is 45.0 Å². The molecule has 1 atom stereocenters. The lowest BCUT2D eigenvalue weighted by Gasteiger charge is -2.32. The Hall–Kier alpha value is -1.84. The van der Waals surface area contributed by atoms with Crippen molar-refractivity contribution in [3.63, 3.8) is 0 Å². The van der Waals surface area contributed by atoms with Gasteiger partial charge < -0.3 is 10.4 Å². The van der Waals surface area contributed by atoms with Gasteiger partial charge in [-0.25, -0.2) is 0 Å². The zero-order valence-corrected chi connectivity index (χ0v) is 14.0. The summed E-state index contributed by atoms with van der Waals surface area (Å²) in [7, 11) is 0. The Morgan fingerprint density at radius 2 is 1.82 bits per heavy atom. The van der Waals surface area contributed by atoms with E-state index in [4.69, 9.17) is 5.11 Å². The van der Waals surface area contributed by atoms with Gasteiger partial charge in [-0.05, 0) is 36.8 Å². The summed E-state index contributed by atoms with van der Waals surface area (Å²) in [5.41, 5.74) is 1.69. The largest absolute Gasteiger partial charge is 0.481 e. The fourth-order valence-corrected chi connectivity index (χ4v) is 2.88. The van der Waals surface area contributed by atoms with Crippen molar-refractivity contribution in [2.24, 2.45) is 0 Å². The standard InChI is InChI=1S/C18H27NO3/c1-5-18(6-2,12-17(21)22)19-16(20)11-14(4)15-10-8-7-9-13(15)3/h7-10,14H,5-6,11-12H2,1-4H3,(H,19,20)(H,21,22). The summed E-state index contributed by atoms with van der Waals surface area (Å²) in [6.07, 6.45) is 1.55. The van der Waals surface area contributed by atoms with E-state index in [-0.39, 0.29) is 18.2 Å². The topological polar surface area (TPSA) is 66.4 Å². The maximum atomic E-state index is 12.3. The Balaban J connectivity index is 2.75. The number of nitrogens with one attached hydrogen (secondary N) is 1. The maximum Gasteiger partial charge on any atom is 0.305 e. The predicted molar refractivity (Wildman–Crippen MR) is 87.9 cm³/mol. The fraction of sp³-hybridized carbons (Fsp3) is 0.556. The van der Waals surface area contributed by atoms with Crippen molar-refractivity contribution in [2.45, 2.75) is 64.8 Å². The lowest BCUT2D eigenvalue weighted by atomic mass is 9.87. The Morgan fingerprint density at radius 3 is 2.32 bits per heavy atom. The smallest absolute Gasteiger partial charge is 0.305 e. The van der Waals surface area contributed by atoms with Crippen LogP contribution in [0.4, 0.5) is 0 Å². The Bertz CT molecular complexity index is 521. The van der Waals surface area contributed by atoms with Crippen LogP contribution >= 0.6 is 0 Å². The monoisotopic (exact) mass is 305 g/mol. The molecule has 0 bridgehead atoms. The molecule has 4 nitrogen and oxygen atoms in total. The number of aryl methyl sites for hydroxylation is 1. The molecule has 22 heavy (non-hydrogen) atoms. The van der Waals surface area contributed by atoms with Gasteiger partial charge in [0.1, 0.15) is 0 Å². The summed E-state index contributed by atoms with van der Waals surface area (Å²) in [5.74, 6) is -0.853. The molecule has 0 aliphatic heterocycles. The van der Waals surface area contributed by atoms with Gasteiger partial charge in [0.25, 0.3) is 0 Å². The molecule has 4 heteroatoms. The second-order valence-corrected chi connectivity index (χ2v) is 6.07. The first-order valence-electron chi connectivity index (χ1n) is 7.92. The number of carboxylic acids is 1. The molecule has 1 rings (SSSR count). The van der Waals surface area contributed by atoms with Gasteiger partial charge in [-0.2, -0.15) is 0 Å². The van der Waals surface area contributed by atoms with Gasteiger partial charge >= 0.3 is 5.97 Å². The van der Waals surface area contributed by atoms with Crippen LogP contribution in [0.25, 0.3) is 0 Å². The average Bonchev–Trinajstić information content (AvgIpc) is 2.46. The van der Waals surface area contributed by atoms with Gasteiger partial charge in [0, 0.05) is 12.0 Å².